The van der Waals surface area contributed by atoms with Crippen molar-refractivity contribution in [3.63, 3.8) is 0 Å². The number of hydrogen-bond acceptors (Lipinski definition) is 2. The van der Waals surface area contributed by atoms with E-state index in [1.165, 1.54) is 6.07 Å². The van der Waals surface area contributed by atoms with Gasteiger partial charge in [0.25, 0.3) is 0 Å². The van der Waals surface area contributed by atoms with Crippen LogP contribution in [0.3, 0.4) is 0 Å². The second-order valence-electron chi connectivity index (χ2n) is 3.84. The first-order valence-corrected chi connectivity index (χ1v) is 5.45. The Labute approximate surface area is 103 Å². The van der Waals surface area contributed by atoms with Crippen molar-refractivity contribution < 1.29 is 18.6 Å². The molecular formula is C14H12F2O2. The van der Waals surface area contributed by atoms with Gasteiger partial charge in [-0.25, -0.2) is 8.78 Å². The van der Waals surface area contributed by atoms with Gasteiger partial charge in [-0.1, -0.05) is 24.3 Å². The average Bonchev–Trinajstić information content (AvgIpc) is 2.38. The fourth-order valence-electron chi connectivity index (χ4n) is 1.49. The summed E-state index contributed by atoms with van der Waals surface area (Å²) in [4.78, 5) is 0. The van der Waals surface area contributed by atoms with Crippen LogP contribution in [0.4, 0.5) is 8.78 Å². The van der Waals surface area contributed by atoms with Crippen molar-refractivity contribution in [3.8, 4) is 5.75 Å². The summed E-state index contributed by atoms with van der Waals surface area (Å²) in [6, 6.07) is 10.3. The summed E-state index contributed by atoms with van der Waals surface area (Å²) in [6.45, 7) is 0.169. The largest absolute Gasteiger partial charge is 0.486 e. The van der Waals surface area contributed by atoms with E-state index in [0.717, 1.165) is 23.3 Å². The molecule has 2 nitrogen and oxygen atoms in total. The van der Waals surface area contributed by atoms with Gasteiger partial charge in [0.1, 0.15) is 12.4 Å². The zero-order valence-electron chi connectivity index (χ0n) is 9.57. The minimum atomic E-state index is -0.720. The molecule has 0 aliphatic rings. The van der Waals surface area contributed by atoms with Crippen molar-refractivity contribution in [1.82, 2.24) is 0 Å². The quantitative estimate of drug-likeness (QED) is 0.903. The van der Waals surface area contributed by atoms with Gasteiger partial charge >= 0.3 is 0 Å². The monoisotopic (exact) mass is 250 g/mol. The van der Waals surface area contributed by atoms with E-state index in [1.807, 2.05) is 0 Å². The van der Waals surface area contributed by atoms with Gasteiger partial charge in [-0.05, 0) is 23.3 Å². The van der Waals surface area contributed by atoms with E-state index >= 15 is 0 Å². The Morgan fingerprint density at radius 2 is 1.61 bits per heavy atom. The van der Waals surface area contributed by atoms with Crippen molar-refractivity contribution >= 4 is 0 Å². The molecule has 2 aromatic rings. The molecule has 94 valence electrons. The van der Waals surface area contributed by atoms with Gasteiger partial charge in [0, 0.05) is 6.07 Å². The van der Waals surface area contributed by atoms with E-state index in [-0.39, 0.29) is 19.0 Å². The van der Waals surface area contributed by atoms with E-state index in [9.17, 15) is 8.78 Å². The van der Waals surface area contributed by atoms with E-state index in [1.54, 1.807) is 24.3 Å². The molecule has 0 saturated carbocycles. The van der Waals surface area contributed by atoms with Crippen LogP contribution in [0, 0.1) is 11.6 Å². The zero-order valence-corrected chi connectivity index (χ0v) is 9.57. The fraction of sp³-hybridized carbons (Fsp3) is 0.143. The van der Waals surface area contributed by atoms with Crippen LogP contribution >= 0.6 is 0 Å². The molecular weight excluding hydrogens is 238 g/mol. The van der Waals surface area contributed by atoms with Crippen molar-refractivity contribution in [3.05, 3.63) is 65.2 Å². The lowest BCUT2D eigenvalue weighted by atomic mass is 10.1. The second-order valence-corrected chi connectivity index (χ2v) is 3.84. The highest BCUT2D eigenvalue weighted by Gasteiger charge is 2.05. The van der Waals surface area contributed by atoms with E-state index in [2.05, 4.69) is 0 Å². The van der Waals surface area contributed by atoms with Crippen LogP contribution in [0.25, 0.3) is 0 Å². The lowest BCUT2D eigenvalue weighted by Gasteiger charge is -2.07. The van der Waals surface area contributed by atoms with Crippen molar-refractivity contribution in [1.29, 1.82) is 0 Å². The zero-order chi connectivity index (χ0) is 13.0. The molecule has 0 fully saturated rings. The smallest absolute Gasteiger partial charge is 0.167 e. The third kappa shape index (κ3) is 3.05. The fourth-order valence-corrected chi connectivity index (χ4v) is 1.49. The SMILES string of the molecule is OCc1ccc(COc2ccc(F)cc2F)cc1. The maximum absolute atomic E-state index is 13.3. The first kappa shape index (κ1) is 12.5. The molecule has 0 heterocycles. The highest BCUT2D eigenvalue weighted by molar-refractivity contribution is 5.26. The predicted molar refractivity (Wildman–Crippen MR) is 63.1 cm³/mol. The van der Waals surface area contributed by atoms with Gasteiger partial charge in [0.05, 0.1) is 6.61 Å². The minimum Gasteiger partial charge on any atom is -0.486 e. The average molecular weight is 250 g/mol. The highest BCUT2D eigenvalue weighted by Crippen LogP contribution is 2.19. The topological polar surface area (TPSA) is 29.5 Å². The molecule has 2 rings (SSSR count). The summed E-state index contributed by atoms with van der Waals surface area (Å²) in [5.41, 5.74) is 1.64. The van der Waals surface area contributed by atoms with Crippen LogP contribution in [0.5, 0.6) is 5.75 Å². The lowest BCUT2D eigenvalue weighted by molar-refractivity contribution is 0.280. The first-order chi connectivity index (χ1) is 8.69. The number of rotatable bonds is 4. The number of aliphatic hydroxyl groups is 1. The summed E-state index contributed by atoms with van der Waals surface area (Å²) < 4.78 is 31.2. The van der Waals surface area contributed by atoms with E-state index in [0.29, 0.717) is 0 Å². The molecule has 0 unspecified atom stereocenters. The van der Waals surface area contributed by atoms with Crippen LogP contribution in [-0.2, 0) is 13.2 Å². The molecule has 1 N–H and O–H groups in total. The summed E-state index contributed by atoms with van der Waals surface area (Å²) in [7, 11) is 0. The van der Waals surface area contributed by atoms with Crippen LogP contribution in [0.15, 0.2) is 42.5 Å². The Hall–Kier alpha value is -1.94. The molecule has 0 atom stereocenters. The molecule has 0 aromatic heterocycles. The first-order valence-electron chi connectivity index (χ1n) is 5.45. The van der Waals surface area contributed by atoms with Gasteiger partial charge in [-0.3, -0.25) is 0 Å². The molecule has 0 amide bonds. The maximum Gasteiger partial charge on any atom is 0.167 e. The van der Waals surface area contributed by atoms with Crippen molar-refractivity contribution in [2.45, 2.75) is 13.2 Å². The third-order valence-corrected chi connectivity index (χ3v) is 2.49. The predicted octanol–water partition coefficient (Wildman–Crippen LogP) is 3.04. The van der Waals surface area contributed by atoms with Crippen LogP contribution in [0.2, 0.25) is 0 Å². The number of halogens is 2. The number of ether oxygens (including phenoxy) is 1. The number of aliphatic hydroxyl groups excluding tert-OH is 1. The Kier molecular flexibility index (Phi) is 3.89. The summed E-state index contributed by atoms with van der Waals surface area (Å²) >= 11 is 0. The maximum atomic E-state index is 13.3. The van der Waals surface area contributed by atoms with E-state index in [4.69, 9.17) is 9.84 Å². The second kappa shape index (κ2) is 5.60. The van der Waals surface area contributed by atoms with Gasteiger partial charge in [0.2, 0.25) is 0 Å². The standard InChI is InChI=1S/C14H12F2O2/c15-12-5-6-14(13(16)7-12)18-9-11-3-1-10(8-17)2-4-11/h1-7,17H,8-9H2. The summed E-state index contributed by atoms with van der Waals surface area (Å²) in [6.07, 6.45) is 0. The van der Waals surface area contributed by atoms with Gasteiger partial charge in [-0.2, -0.15) is 0 Å². The normalized spacial score (nSPS) is 10.4. The highest BCUT2D eigenvalue weighted by atomic mass is 19.1. The molecule has 18 heavy (non-hydrogen) atoms. The molecule has 0 radical (unpaired) electrons. The number of benzene rings is 2. The molecule has 0 saturated heterocycles. The van der Waals surface area contributed by atoms with Crippen LogP contribution < -0.4 is 4.74 Å². The minimum absolute atomic E-state index is 0.0163. The molecule has 0 bridgehead atoms. The summed E-state index contributed by atoms with van der Waals surface area (Å²) in [5.74, 6) is -1.34. The van der Waals surface area contributed by atoms with E-state index < -0.39 is 11.6 Å². The molecule has 0 aliphatic carbocycles. The summed E-state index contributed by atoms with van der Waals surface area (Å²) in [5, 5.41) is 8.88. The van der Waals surface area contributed by atoms with Crippen molar-refractivity contribution in [2.24, 2.45) is 0 Å². The molecule has 0 aliphatic heterocycles. The van der Waals surface area contributed by atoms with Gasteiger partial charge < -0.3 is 9.84 Å². The Balaban J connectivity index is 2.02. The van der Waals surface area contributed by atoms with Crippen LogP contribution in [0.1, 0.15) is 11.1 Å². The lowest BCUT2D eigenvalue weighted by Crippen LogP contribution is -1.98. The Morgan fingerprint density at radius 1 is 0.944 bits per heavy atom. The number of hydrogen-bond donors (Lipinski definition) is 1. The Bertz CT molecular complexity index is 524. The van der Waals surface area contributed by atoms with Gasteiger partial charge in [0.15, 0.2) is 11.6 Å². The van der Waals surface area contributed by atoms with Gasteiger partial charge in [-0.15, -0.1) is 0 Å². The van der Waals surface area contributed by atoms with Crippen molar-refractivity contribution in [2.75, 3.05) is 0 Å². The van der Waals surface area contributed by atoms with Crippen LogP contribution in [-0.4, -0.2) is 5.11 Å². The Morgan fingerprint density at radius 3 is 2.22 bits per heavy atom. The third-order valence-electron chi connectivity index (χ3n) is 2.49. The molecule has 2 aromatic carbocycles. The molecule has 0 spiro atoms. The molecule has 4 heteroatoms.